The molecule has 0 saturated carbocycles. The van der Waals surface area contributed by atoms with Crippen LogP contribution in [0.4, 0.5) is 8.78 Å². The molecule has 0 spiro atoms. The van der Waals surface area contributed by atoms with E-state index in [2.05, 4.69) is 9.88 Å². The summed E-state index contributed by atoms with van der Waals surface area (Å²) in [5, 5.41) is 0.168. The normalized spacial score (nSPS) is 15.1. The van der Waals surface area contributed by atoms with Gasteiger partial charge in [0.1, 0.15) is 5.75 Å². The number of aromatic nitrogens is 1. The zero-order valence-electron chi connectivity index (χ0n) is 17.0. The van der Waals surface area contributed by atoms with Crippen molar-refractivity contribution in [2.24, 2.45) is 0 Å². The van der Waals surface area contributed by atoms with Crippen molar-refractivity contribution >= 4 is 27.6 Å². The van der Waals surface area contributed by atoms with E-state index in [1.807, 2.05) is 0 Å². The summed E-state index contributed by atoms with van der Waals surface area (Å²) >= 11 is 5.81. The lowest BCUT2D eigenvalue weighted by molar-refractivity contribution is -0.135. The molecule has 8 nitrogen and oxygen atoms in total. The van der Waals surface area contributed by atoms with E-state index < -0.39 is 27.5 Å². The van der Waals surface area contributed by atoms with Gasteiger partial charge in [0.25, 0.3) is 16.0 Å². The second kappa shape index (κ2) is 10.5. The molecule has 1 saturated heterocycles. The lowest BCUT2D eigenvalue weighted by Gasteiger charge is -2.34. The highest BCUT2D eigenvalue weighted by atomic mass is 35.5. The molecule has 3 rings (SSSR count). The number of amides is 1. The quantitative estimate of drug-likeness (QED) is 0.567. The maximum Gasteiger partial charge on any atom is 0.269 e. The SMILES string of the molecule is O=C(COc1ncc(Cl)cc1CS(=O)(=O)O)N1CCN(CCc2ccc(F)c(F)c2)CC1. The Labute approximate surface area is 189 Å². The number of hydrogen-bond donors (Lipinski definition) is 1. The van der Waals surface area contributed by atoms with Crippen LogP contribution in [0.15, 0.2) is 30.5 Å². The van der Waals surface area contributed by atoms with Crippen LogP contribution in [0.2, 0.25) is 5.02 Å². The van der Waals surface area contributed by atoms with Gasteiger partial charge in [-0.15, -0.1) is 0 Å². The molecule has 1 aliphatic rings. The highest BCUT2D eigenvalue weighted by molar-refractivity contribution is 7.85. The maximum atomic E-state index is 13.3. The summed E-state index contributed by atoms with van der Waals surface area (Å²) < 4.78 is 63.1. The summed E-state index contributed by atoms with van der Waals surface area (Å²) in [6.07, 6.45) is 1.81. The van der Waals surface area contributed by atoms with Crippen LogP contribution in [0.1, 0.15) is 11.1 Å². The zero-order valence-corrected chi connectivity index (χ0v) is 18.6. The summed E-state index contributed by atoms with van der Waals surface area (Å²) in [5.74, 6) is -2.86. The van der Waals surface area contributed by atoms with Crippen LogP contribution in [-0.2, 0) is 27.1 Å². The predicted molar refractivity (Wildman–Crippen MR) is 113 cm³/mol. The molecule has 32 heavy (non-hydrogen) atoms. The number of ether oxygens (including phenoxy) is 1. The summed E-state index contributed by atoms with van der Waals surface area (Å²) in [6.45, 7) is 2.46. The molecule has 0 radical (unpaired) electrons. The molecule has 1 amide bonds. The lowest BCUT2D eigenvalue weighted by atomic mass is 10.1. The Hall–Kier alpha value is -2.34. The fraction of sp³-hybridized carbons (Fsp3) is 0.400. The van der Waals surface area contributed by atoms with E-state index in [1.165, 1.54) is 18.3 Å². The lowest BCUT2D eigenvalue weighted by Crippen LogP contribution is -2.50. The van der Waals surface area contributed by atoms with Crippen molar-refractivity contribution in [3.8, 4) is 5.88 Å². The van der Waals surface area contributed by atoms with Crippen LogP contribution in [0.25, 0.3) is 0 Å². The fourth-order valence-electron chi connectivity index (χ4n) is 3.32. The largest absolute Gasteiger partial charge is 0.467 e. The zero-order chi connectivity index (χ0) is 23.3. The molecule has 1 aromatic carbocycles. The molecule has 1 fully saturated rings. The number of nitrogens with zero attached hydrogens (tertiary/aromatic N) is 3. The minimum absolute atomic E-state index is 0.0508. The van der Waals surface area contributed by atoms with Gasteiger partial charge in [-0.1, -0.05) is 17.7 Å². The van der Waals surface area contributed by atoms with Crippen LogP contribution < -0.4 is 4.74 Å². The van der Waals surface area contributed by atoms with E-state index in [9.17, 15) is 22.0 Å². The Morgan fingerprint density at radius 3 is 2.53 bits per heavy atom. The molecule has 12 heteroatoms. The second-order valence-corrected chi connectivity index (χ2v) is 9.24. The van der Waals surface area contributed by atoms with Gasteiger partial charge in [-0.25, -0.2) is 13.8 Å². The van der Waals surface area contributed by atoms with Crippen LogP contribution >= 0.6 is 11.6 Å². The van der Waals surface area contributed by atoms with Gasteiger partial charge >= 0.3 is 0 Å². The van der Waals surface area contributed by atoms with Crippen LogP contribution in [0.5, 0.6) is 5.88 Å². The van der Waals surface area contributed by atoms with Gasteiger partial charge in [0.2, 0.25) is 5.88 Å². The van der Waals surface area contributed by atoms with Crippen molar-refractivity contribution in [1.29, 1.82) is 0 Å². The number of pyridine rings is 1. The Morgan fingerprint density at radius 2 is 1.88 bits per heavy atom. The third-order valence-corrected chi connectivity index (χ3v) is 5.87. The molecule has 2 aromatic rings. The molecule has 0 unspecified atom stereocenters. The first-order valence-electron chi connectivity index (χ1n) is 9.77. The third kappa shape index (κ3) is 7.09. The summed E-state index contributed by atoms with van der Waals surface area (Å²) in [5.41, 5.74) is 0.752. The minimum Gasteiger partial charge on any atom is -0.467 e. The van der Waals surface area contributed by atoms with Crippen LogP contribution in [0, 0.1) is 11.6 Å². The van der Waals surface area contributed by atoms with Gasteiger partial charge in [0, 0.05) is 44.5 Å². The topological polar surface area (TPSA) is 100 Å². The molecule has 1 aliphatic heterocycles. The highest BCUT2D eigenvalue weighted by Crippen LogP contribution is 2.22. The number of rotatable bonds is 8. The average molecular weight is 490 g/mol. The first-order valence-corrected chi connectivity index (χ1v) is 11.8. The molecule has 0 atom stereocenters. The standard InChI is InChI=1S/C20H22ClF2N3O5S/c21-16-10-15(13-32(28,29)30)20(24-11-16)31-12-19(27)26-7-5-25(6-8-26)4-3-14-1-2-17(22)18(23)9-14/h1-2,9-11H,3-8,12-13H2,(H,28,29,30). The Balaban J connectivity index is 1.47. The number of hydrogen-bond acceptors (Lipinski definition) is 6. The van der Waals surface area contributed by atoms with Crippen molar-refractivity contribution in [2.75, 3.05) is 39.3 Å². The first kappa shape index (κ1) is 24.3. The average Bonchev–Trinajstić information content (AvgIpc) is 2.73. The van der Waals surface area contributed by atoms with Crippen molar-refractivity contribution < 1.29 is 31.3 Å². The molecule has 2 heterocycles. The second-order valence-electron chi connectivity index (χ2n) is 7.35. The highest BCUT2D eigenvalue weighted by Gasteiger charge is 2.22. The minimum atomic E-state index is -4.33. The smallest absolute Gasteiger partial charge is 0.269 e. The number of piperazine rings is 1. The van der Waals surface area contributed by atoms with Gasteiger partial charge in [-0.3, -0.25) is 14.2 Å². The van der Waals surface area contributed by atoms with Gasteiger partial charge in [-0.05, 0) is 30.2 Å². The van der Waals surface area contributed by atoms with E-state index in [1.54, 1.807) is 11.0 Å². The third-order valence-electron chi connectivity index (χ3n) is 4.99. The first-order chi connectivity index (χ1) is 15.1. The van der Waals surface area contributed by atoms with Crippen molar-refractivity contribution in [2.45, 2.75) is 12.2 Å². The van der Waals surface area contributed by atoms with Crippen molar-refractivity contribution in [1.82, 2.24) is 14.8 Å². The molecule has 174 valence electrons. The predicted octanol–water partition coefficient (Wildman–Crippen LogP) is 2.17. The van der Waals surface area contributed by atoms with Gasteiger partial charge in [-0.2, -0.15) is 8.42 Å². The van der Waals surface area contributed by atoms with Crippen molar-refractivity contribution in [3.05, 3.63) is 58.2 Å². The Morgan fingerprint density at radius 1 is 1.16 bits per heavy atom. The monoisotopic (exact) mass is 489 g/mol. The summed E-state index contributed by atoms with van der Waals surface area (Å²) in [6, 6.07) is 5.15. The summed E-state index contributed by atoms with van der Waals surface area (Å²) in [4.78, 5) is 20.1. The molecular formula is C20H22ClF2N3O5S. The van der Waals surface area contributed by atoms with Crippen molar-refractivity contribution in [3.63, 3.8) is 0 Å². The number of carbonyl (C=O) groups is 1. The molecule has 0 bridgehead atoms. The van der Waals surface area contributed by atoms with Crippen LogP contribution in [-0.4, -0.2) is 73.0 Å². The molecular weight excluding hydrogens is 468 g/mol. The van der Waals surface area contributed by atoms with Crippen LogP contribution in [0.3, 0.4) is 0 Å². The van der Waals surface area contributed by atoms with E-state index in [0.29, 0.717) is 44.7 Å². The Bertz CT molecular complexity index is 1080. The molecule has 1 N–H and O–H groups in total. The fourth-order valence-corrected chi connectivity index (χ4v) is 4.10. The van der Waals surface area contributed by atoms with E-state index >= 15 is 0 Å². The maximum absolute atomic E-state index is 13.3. The summed E-state index contributed by atoms with van der Waals surface area (Å²) in [7, 11) is -4.33. The van der Waals surface area contributed by atoms with Gasteiger partial charge < -0.3 is 9.64 Å². The molecule has 1 aromatic heterocycles. The van der Waals surface area contributed by atoms with Gasteiger partial charge in [0.05, 0.1) is 5.02 Å². The van der Waals surface area contributed by atoms with E-state index in [-0.39, 0.29) is 29.0 Å². The number of halogens is 3. The van der Waals surface area contributed by atoms with E-state index in [0.717, 1.165) is 6.07 Å². The molecule has 0 aliphatic carbocycles. The number of benzene rings is 1. The van der Waals surface area contributed by atoms with E-state index in [4.69, 9.17) is 20.9 Å². The Kier molecular flexibility index (Phi) is 7.99. The van der Waals surface area contributed by atoms with Gasteiger partial charge in [0.15, 0.2) is 18.2 Å². The number of carbonyl (C=O) groups excluding carboxylic acids is 1.